The van der Waals surface area contributed by atoms with E-state index in [9.17, 15) is 14.3 Å². The molecule has 5 heteroatoms. The van der Waals surface area contributed by atoms with Crippen LogP contribution in [0, 0.1) is 11.7 Å². The Morgan fingerprint density at radius 1 is 1.47 bits per heavy atom. The molecule has 0 heterocycles. The van der Waals surface area contributed by atoms with Crippen molar-refractivity contribution in [2.75, 3.05) is 5.73 Å². The summed E-state index contributed by atoms with van der Waals surface area (Å²) < 4.78 is 13.9. The average molecular weight is 330 g/mol. The molecule has 19 heavy (non-hydrogen) atoms. The van der Waals surface area contributed by atoms with Gasteiger partial charge in [-0.3, -0.25) is 4.79 Å². The third-order valence-electron chi connectivity index (χ3n) is 3.84. The summed E-state index contributed by atoms with van der Waals surface area (Å²) in [6.07, 6.45) is 4.95. The van der Waals surface area contributed by atoms with Crippen molar-refractivity contribution in [1.82, 2.24) is 0 Å². The fourth-order valence-corrected chi connectivity index (χ4v) is 3.28. The van der Waals surface area contributed by atoms with E-state index in [0.29, 0.717) is 28.1 Å². The van der Waals surface area contributed by atoms with E-state index >= 15 is 0 Å². The van der Waals surface area contributed by atoms with Gasteiger partial charge < -0.3 is 10.8 Å². The molecular formula is C14H17BrFNO2. The first-order valence-corrected chi connectivity index (χ1v) is 7.25. The molecule has 0 spiro atoms. The molecule has 1 unspecified atom stereocenters. The Kier molecular flexibility index (Phi) is 4.45. The lowest BCUT2D eigenvalue weighted by molar-refractivity contribution is -0.139. The van der Waals surface area contributed by atoms with Crippen LogP contribution in [0.2, 0.25) is 0 Å². The van der Waals surface area contributed by atoms with E-state index in [1.165, 1.54) is 12.1 Å². The van der Waals surface area contributed by atoms with Gasteiger partial charge in [0.05, 0.1) is 11.6 Å². The van der Waals surface area contributed by atoms with Gasteiger partial charge in [0.2, 0.25) is 0 Å². The van der Waals surface area contributed by atoms with Gasteiger partial charge in [-0.2, -0.15) is 0 Å². The number of halogens is 2. The van der Waals surface area contributed by atoms with Crippen molar-refractivity contribution in [1.29, 1.82) is 0 Å². The van der Waals surface area contributed by atoms with E-state index in [1.807, 2.05) is 0 Å². The number of carbonyl (C=O) groups is 1. The van der Waals surface area contributed by atoms with Crippen LogP contribution in [0.15, 0.2) is 16.6 Å². The molecule has 0 aromatic heterocycles. The summed E-state index contributed by atoms with van der Waals surface area (Å²) in [5.41, 5.74) is 6.59. The van der Waals surface area contributed by atoms with Crippen molar-refractivity contribution in [3.63, 3.8) is 0 Å². The largest absolute Gasteiger partial charge is 0.481 e. The summed E-state index contributed by atoms with van der Waals surface area (Å²) in [6.45, 7) is 0. The van der Waals surface area contributed by atoms with Crippen LogP contribution >= 0.6 is 15.9 Å². The van der Waals surface area contributed by atoms with Crippen LogP contribution in [0.1, 0.15) is 43.6 Å². The van der Waals surface area contributed by atoms with Crippen LogP contribution in [0.25, 0.3) is 0 Å². The molecule has 0 amide bonds. The van der Waals surface area contributed by atoms with E-state index in [0.717, 1.165) is 25.7 Å². The van der Waals surface area contributed by atoms with Crippen molar-refractivity contribution >= 4 is 27.6 Å². The molecule has 1 atom stereocenters. The fourth-order valence-electron chi connectivity index (χ4n) is 2.83. The van der Waals surface area contributed by atoms with Gasteiger partial charge in [0.1, 0.15) is 5.82 Å². The van der Waals surface area contributed by atoms with E-state index < -0.39 is 17.7 Å². The van der Waals surface area contributed by atoms with Crippen molar-refractivity contribution in [2.24, 2.45) is 5.92 Å². The summed E-state index contributed by atoms with van der Waals surface area (Å²) in [6, 6.07) is 2.50. The van der Waals surface area contributed by atoms with Crippen LogP contribution in [0.5, 0.6) is 0 Å². The highest BCUT2D eigenvalue weighted by atomic mass is 79.9. The smallest absolute Gasteiger partial charge is 0.311 e. The third kappa shape index (κ3) is 3.26. The number of hydrogen-bond donors (Lipinski definition) is 2. The lowest BCUT2D eigenvalue weighted by Gasteiger charge is -2.19. The second kappa shape index (κ2) is 5.90. The third-order valence-corrected chi connectivity index (χ3v) is 4.50. The molecule has 2 rings (SSSR count). The number of rotatable bonds is 4. The standard InChI is InChI=1S/C14H17BrFNO2/c15-12-7-9(16)6-10(13(12)17)11(14(18)19)5-8-3-1-2-4-8/h6-8,11H,1-5,17H2,(H,18,19). The highest BCUT2D eigenvalue weighted by molar-refractivity contribution is 9.10. The predicted molar refractivity (Wildman–Crippen MR) is 75.5 cm³/mol. The lowest BCUT2D eigenvalue weighted by atomic mass is 9.87. The summed E-state index contributed by atoms with van der Waals surface area (Å²) >= 11 is 3.17. The number of aliphatic carboxylic acids is 1. The molecule has 104 valence electrons. The van der Waals surface area contributed by atoms with Crippen LogP contribution in [-0.2, 0) is 4.79 Å². The maximum atomic E-state index is 13.5. The summed E-state index contributed by atoms with van der Waals surface area (Å²) in [5.74, 6) is -1.72. The summed E-state index contributed by atoms with van der Waals surface area (Å²) in [5, 5.41) is 9.40. The topological polar surface area (TPSA) is 63.3 Å². The van der Waals surface area contributed by atoms with Crippen molar-refractivity contribution in [3.8, 4) is 0 Å². The number of carboxylic acids is 1. The quantitative estimate of drug-likeness (QED) is 0.823. The molecule has 1 saturated carbocycles. The Morgan fingerprint density at radius 2 is 2.11 bits per heavy atom. The molecule has 0 aliphatic heterocycles. The van der Waals surface area contributed by atoms with E-state index in [1.54, 1.807) is 0 Å². The van der Waals surface area contributed by atoms with Crippen LogP contribution < -0.4 is 5.73 Å². The Bertz CT molecular complexity index is 487. The van der Waals surface area contributed by atoms with Gasteiger partial charge in [0.15, 0.2) is 0 Å². The maximum Gasteiger partial charge on any atom is 0.311 e. The Hall–Kier alpha value is -1.10. The first-order chi connectivity index (χ1) is 8.99. The molecule has 0 saturated heterocycles. The molecule has 1 aliphatic carbocycles. The Balaban J connectivity index is 2.30. The van der Waals surface area contributed by atoms with Gasteiger partial charge in [-0.1, -0.05) is 25.7 Å². The van der Waals surface area contributed by atoms with E-state index in [4.69, 9.17) is 5.73 Å². The number of hydrogen-bond acceptors (Lipinski definition) is 2. The van der Waals surface area contributed by atoms with E-state index in [-0.39, 0.29) is 0 Å². The molecule has 0 radical (unpaired) electrons. The molecule has 1 aliphatic rings. The van der Waals surface area contributed by atoms with Crippen LogP contribution in [0.4, 0.5) is 10.1 Å². The van der Waals surface area contributed by atoms with Crippen LogP contribution in [-0.4, -0.2) is 11.1 Å². The van der Waals surface area contributed by atoms with Crippen LogP contribution in [0.3, 0.4) is 0 Å². The van der Waals surface area contributed by atoms with Crippen molar-refractivity contribution in [2.45, 2.75) is 38.0 Å². The number of nitrogen functional groups attached to an aromatic ring is 1. The minimum absolute atomic E-state index is 0.326. The highest BCUT2D eigenvalue weighted by Gasteiger charge is 2.28. The number of anilines is 1. The first kappa shape index (κ1) is 14.3. The van der Waals surface area contributed by atoms with E-state index in [2.05, 4.69) is 15.9 Å². The molecule has 3 N–H and O–H groups in total. The minimum Gasteiger partial charge on any atom is -0.481 e. The van der Waals surface area contributed by atoms with Crippen molar-refractivity contribution < 1.29 is 14.3 Å². The SMILES string of the molecule is Nc1c(Br)cc(F)cc1C(CC1CCCC1)C(=O)O. The fraction of sp³-hybridized carbons (Fsp3) is 0.500. The summed E-state index contributed by atoms with van der Waals surface area (Å²) in [7, 11) is 0. The second-order valence-corrected chi connectivity index (χ2v) is 6.02. The first-order valence-electron chi connectivity index (χ1n) is 6.46. The second-order valence-electron chi connectivity index (χ2n) is 5.17. The maximum absolute atomic E-state index is 13.5. The van der Waals surface area contributed by atoms with Gasteiger partial charge in [0, 0.05) is 4.47 Å². The molecule has 0 bridgehead atoms. The zero-order chi connectivity index (χ0) is 14.0. The van der Waals surface area contributed by atoms with Gasteiger partial charge in [0.25, 0.3) is 0 Å². The minimum atomic E-state index is -0.934. The van der Waals surface area contributed by atoms with Gasteiger partial charge in [-0.25, -0.2) is 4.39 Å². The Labute approximate surface area is 120 Å². The van der Waals surface area contributed by atoms with Gasteiger partial charge in [-0.15, -0.1) is 0 Å². The zero-order valence-electron chi connectivity index (χ0n) is 10.5. The number of nitrogens with two attached hydrogens (primary N) is 1. The number of carboxylic acid groups (broad SMARTS) is 1. The van der Waals surface area contributed by atoms with Gasteiger partial charge >= 0.3 is 5.97 Å². The normalized spacial score (nSPS) is 17.6. The Morgan fingerprint density at radius 3 is 2.68 bits per heavy atom. The molecule has 1 aromatic rings. The van der Waals surface area contributed by atoms with Crippen molar-refractivity contribution in [3.05, 3.63) is 28.0 Å². The monoisotopic (exact) mass is 329 g/mol. The lowest BCUT2D eigenvalue weighted by Crippen LogP contribution is -2.17. The molecule has 1 aromatic carbocycles. The van der Waals surface area contributed by atoms with Gasteiger partial charge in [-0.05, 0) is 46.0 Å². The zero-order valence-corrected chi connectivity index (χ0v) is 12.1. The molecular weight excluding hydrogens is 313 g/mol. The average Bonchev–Trinajstić information content (AvgIpc) is 2.83. The molecule has 3 nitrogen and oxygen atoms in total. The summed E-state index contributed by atoms with van der Waals surface area (Å²) in [4.78, 5) is 11.5. The predicted octanol–water partition coefficient (Wildman–Crippen LogP) is 3.92. The molecule has 1 fully saturated rings. The number of benzene rings is 1. The highest BCUT2D eigenvalue weighted by Crippen LogP contribution is 2.38.